The van der Waals surface area contributed by atoms with E-state index in [1.807, 2.05) is 12.1 Å². The van der Waals surface area contributed by atoms with Crippen molar-refractivity contribution in [2.45, 2.75) is 0 Å². The number of carbonyl (C=O) groups excluding carboxylic acids is 2. The van der Waals surface area contributed by atoms with Crippen LogP contribution < -0.4 is 9.47 Å². The van der Waals surface area contributed by atoms with Crippen LogP contribution in [0.15, 0.2) is 52.2 Å². The standard InChI is InChI=1S/C25H27BrN6O5/c1-35-21-6-5-20(26)23-22(21)19(16-28-23)25(34)32-10-8-31(9-11-32)24(33)17-3-2-4-18(15-17)37-14-13-36-12-7-29-30-27/h2-6,15-16,28H,7-14H2,1H3. The minimum atomic E-state index is -0.110. The van der Waals surface area contributed by atoms with Crippen LogP contribution in [-0.2, 0) is 4.74 Å². The van der Waals surface area contributed by atoms with Crippen LogP contribution in [0.3, 0.4) is 0 Å². The smallest absolute Gasteiger partial charge is 0.256 e. The number of hydrogen-bond acceptors (Lipinski definition) is 6. The summed E-state index contributed by atoms with van der Waals surface area (Å²) in [7, 11) is 1.58. The molecule has 1 aliphatic heterocycles. The van der Waals surface area contributed by atoms with Gasteiger partial charge in [-0.05, 0) is 51.8 Å². The van der Waals surface area contributed by atoms with Crippen molar-refractivity contribution in [1.82, 2.24) is 14.8 Å². The summed E-state index contributed by atoms with van der Waals surface area (Å²) in [4.78, 5) is 35.8. The van der Waals surface area contributed by atoms with Gasteiger partial charge in [0.15, 0.2) is 0 Å². The molecule has 37 heavy (non-hydrogen) atoms. The third-order valence-electron chi connectivity index (χ3n) is 6.03. The maximum absolute atomic E-state index is 13.3. The number of nitrogens with one attached hydrogen (secondary N) is 1. The number of methoxy groups -OCH3 is 1. The Morgan fingerprint density at radius 3 is 2.57 bits per heavy atom. The highest BCUT2D eigenvalue weighted by Gasteiger charge is 2.28. The number of aromatic amines is 1. The molecule has 0 spiro atoms. The van der Waals surface area contributed by atoms with Gasteiger partial charge in [0.2, 0.25) is 0 Å². The normalized spacial score (nSPS) is 13.4. The van der Waals surface area contributed by atoms with Crippen LogP contribution in [0, 0.1) is 0 Å². The van der Waals surface area contributed by atoms with Crippen LogP contribution in [0.4, 0.5) is 0 Å². The van der Waals surface area contributed by atoms with E-state index in [1.165, 1.54) is 0 Å². The van der Waals surface area contributed by atoms with Crippen molar-refractivity contribution in [2.24, 2.45) is 5.11 Å². The summed E-state index contributed by atoms with van der Waals surface area (Å²) in [6.07, 6.45) is 1.70. The Kier molecular flexibility index (Phi) is 8.89. The van der Waals surface area contributed by atoms with Gasteiger partial charge in [0, 0.05) is 53.9 Å². The van der Waals surface area contributed by atoms with E-state index in [2.05, 4.69) is 30.9 Å². The summed E-state index contributed by atoms with van der Waals surface area (Å²) in [5, 5.41) is 4.13. The van der Waals surface area contributed by atoms with Crippen LogP contribution in [0.2, 0.25) is 0 Å². The number of hydrogen-bond donors (Lipinski definition) is 1. The van der Waals surface area contributed by atoms with Crippen molar-refractivity contribution in [3.63, 3.8) is 0 Å². The Hall–Kier alpha value is -3.73. The predicted octanol–water partition coefficient (Wildman–Crippen LogP) is 4.24. The van der Waals surface area contributed by atoms with Crippen molar-refractivity contribution < 1.29 is 23.8 Å². The number of azide groups is 1. The molecule has 3 aromatic rings. The number of piperazine rings is 1. The predicted molar refractivity (Wildman–Crippen MR) is 141 cm³/mol. The monoisotopic (exact) mass is 570 g/mol. The number of amides is 2. The van der Waals surface area contributed by atoms with Gasteiger partial charge in [0.25, 0.3) is 11.8 Å². The zero-order chi connectivity index (χ0) is 26.2. The fourth-order valence-corrected chi connectivity index (χ4v) is 4.62. The van der Waals surface area contributed by atoms with Crippen LogP contribution in [0.1, 0.15) is 20.7 Å². The first-order valence-corrected chi connectivity index (χ1v) is 12.6. The number of benzene rings is 2. The molecule has 11 nitrogen and oxygen atoms in total. The molecule has 1 fully saturated rings. The fourth-order valence-electron chi connectivity index (χ4n) is 4.18. The lowest BCUT2D eigenvalue weighted by atomic mass is 10.1. The molecule has 194 valence electrons. The molecule has 4 rings (SSSR count). The summed E-state index contributed by atoms with van der Waals surface area (Å²) in [5.74, 6) is 0.976. The second-order valence-electron chi connectivity index (χ2n) is 8.23. The molecule has 0 bridgehead atoms. The van der Waals surface area contributed by atoms with E-state index in [0.29, 0.717) is 68.6 Å². The first-order valence-electron chi connectivity index (χ1n) is 11.8. The average molecular weight is 571 g/mol. The summed E-state index contributed by atoms with van der Waals surface area (Å²) < 4.78 is 17.3. The molecular formula is C25H27BrN6O5. The average Bonchev–Trinajstić information content (AvgIpc) is 3.38. The highest BCUT2D eigenvalue weighted by atomic mass is 79.9. The summed E-state index contributed by atoms with van der Waals surface area (Å²) in [6.45, 7) is 2.96. The summed E-state index contributed by atoms with van der Waals surface area (Å²) in [5.41, 5.74) is 10.1. The number of ether oxygens (including phenoxy) is 3. The lowest BCUT2D eigenvalue weighted by Crippen LogP contribution is -2.50. The summed E-state index contributed by atoms with van der Waals surface area (Å²) in [6, 6.07) is 10.7. The van der Waals surface area contributed by atoms with E-state index in [-0.39, 0.29) is 18.4 Å². The zero-order valence-corrected chi connectivity index (χ0v) is 21.9. The van der Waals surface area contributed by atoms with Crippen molar-refractivity contribution in [3.05, 3.63) is 68.6 Å². The Balaban J connectivity index is 1.33. The molecule has 0 saturated carbocycles. The minimum absolute atomic E-state index is 0.105. The zero-order valence-electron chi connectivity index (χ0n) is 20.4. The van der Waals surface area contributed by atoms with Gasteiger partial charge < -0.3 is 29.0 Å². The lowest BCUT2D eigenvalue weighted by Gasteiger charge is -2.34. The van der Waals surface area contributed by atoms with E-state index >= 15 is 0 Å². The third-order valence-corrected chi connectivity index (χ3v) is 6.69. The van der Waals surface area contributed by atoms with Crippen molar-refractivity contribution >= 4 is 38.6 Å². The van der Waals surface area contributed by atoms with Gasteiger partial charge in [-0.15, -0.1) is 0 Å². The van der Waals surface area contributed by atoms with Crippen LogP contribution >= 0.6 is 15.9 Å². The molecule has 2 heterocycles. The number of nitrogens with zero attached hydrogens (tertiary/aromatic N) is 5. The Morgan fingerprint density at radius 2 is 1.84 bits per heavy atom. The first kappa shape index (κ1) is 26.3. The van der Waals surface area contributed by atoms with Crippen molar-refractivity contribution in [1.29, 1.82) is 0 Å². The van der Waals surface area contributed by atoms with Gasteiger partial charge in [-0.25, -0.2) is 0 Å². The molecule has 0 unspecified atom stereocenters. The third kappa shape index (κ3) is 6.16. The highest BCUT2D eigenvalue weighted by molar-refractivity contribution is 9.10. The quantitative estimate of drug-likeness (QED) is 0.168. The molecule has 12 heteroatoms. The van der Waals surface area contributed by atoms with E-state index < -0.39 is 0 Å². The Bertz CT molecular complexity index is 1310. The molecule has 1 aromatic heterocycles. The van der Waals surface area contributed by atoms with E-state index in [4.69, 9.17) is 19.7 Å². The number of halogens is 1. The van der Waals surface area contributed by atoms with Gasteiger partial charge in [-0.1, -0.05) is 11.2 Å². The molecule has 1 saturated heterocycles. The number of carbonyl (C=O) groups is 2. The molecule has 1 N–H and O–H groups in total. The SMILES string of the molecule is COc1ccc(Br)c2[nH]cc(C(=O)N3CCN(C(=O)c4cccc(OCCOCCN=[N+]=[N-])c4)CC3)c12. The van der Waals surface area contributed by atoms with Gasteiger partial charge in [0.05, 0.1) is 36.8 Å². The lowest BCUT2D eigenvalue weighted by molar-refractivity contribution is 0.0536. The molecular weight excluding hydrogens is 544 g/mol. The number of rotatable bonds is 10. The van der Waals surface area contributed by atoms with Gasteiger partial charge in [0.1, 0.15) is 18.1 Å². The van der Waals surface area contributed by atoms with Crippen molar-refractivity contribution in [3.8, 4) is 11.5 Å². The molecule has 2 amide bonds. The van der Waals surface area contributed by atoms with Crippen LogP contribution in [0.25, 0.3) is 21.3 Å². The number of fused-ring (bicyclic) bond motifs is 1. The molecule has 2 aromatic carbocycles. The van der Waals surface area contributed by atoms with Gasteiger partial charge >= 0.3 is 0 Å². The molecule has 1 aliphatic rings. The largest absolute Gasteiger partial charge is 0.496 e. The van der Waals surface area contributed by atoms with Gasteiger partial charge in [-0.2, -0.15) is 0 Å². The Labute approximate surface area is 222 Å². The van der Waals surface area contributed by atoms with Crippen LogP contribution in [0.5, 0.6) is 11.5 Å². The topological polar surface area (TPSA) is 133 Å². The number of aromatic nitrogens is 1. The summed E-state index contributed by atoms with van der Waals surface area (Å²) >= 11 is 3.51. The van der Waals surface area contributed by atoms with Crippen molar-refractivity contribution in [2.75, 3.05) is 59.7 Å². The second-order valence-corrected chi connectivity index (χ2v) is 9.08. The fraction of sp³-hybridized carbons (Fsp3) is 0.360. The number of H-pyrrole nitrogens is 1. The molecule has 0 aliphatic carbocycles. The maximum atomic E-state index is 13.3. The van der Waals surface area contributed by atoms with Gasteiger partial charge in [-0.3, -0.25) is 9.59 Å². The molecule has 0 atom stereocenters. The van der Waals surface area contributed by atoms with E-state index in [1.54, 1.807) is 47.4 Å². The van der Waals surface area contributed by atoms with E-state index in [0.717, 1.165) is 15.4 Å². The second kappa shape index (κ2) is 12.5. The van der Waals surface area contributed by atoms with Crippen LogP contribution in [-0.4, -0.2) is 86.3 Å². The first-order chi connectivity index (χ1) is 18.0. The molecule has 0 radical (unpaired) electrons. The highest BCUT2D eigenvalue weighted by Crippen LogP contribution is 2.34. The Morgan fingerprint density at radius 1 is 1.08 bits per heavy atom. The minimum Gasteiger partial charge on any atom is -0.496 e. The maximum Gasteiger partial charge on any atom is 0.256 e. The van der Waals surface area contributed by atoms with E-state index in [9.17, 15) is 9.59 Å².